The van der Waals surface area contributed by atoms with Crippen LogP contribution < -0.4 is 14.4 Å². The smallest absolute Gasteiger partial charge is 0.264 e. The third kappa shape index (κ3) is 7.35. The molecule has 0 atom stereocenters. The molecule has 0 aromatic heterocycles. The average molecular weight is 509 g/mol. The van der Waals surface area contributed by atoms with Crippen molar-refractivity contribution in [3.63, 3.8) is 0 Å². The Morgan fingerprint density at radius 3 is 2.50 bits per heavy atom. The van der Waals surface area contributed by atoms with Crippen molar-refractivity contribution in [3.8, 4) is 5.75 Å². The summed E-state index contributed by atoms with van der Waals surface area (Å²) >= 11 is 5.94. The van der Waals surface area contributed by atoms with Crippen LogP contribution in [0.3, 0.4) is 0 Å². The van der Waals surface area contributed by atoms with E-state index in [1.54, 1.807) is 24.3 Å². The maximum atomic E-state index is 13.5. The summed E-state index contributed by atoms with van der Waals surface area (Å²) in [5.41, 5.74) is 0.301. The minimum Gasteiger partial charge on any atom is -0.492 e. The molecule has 34 heavy (non-hydrogen) atoms. The van der Waals surface area contributed by atoms with E-state index in [9.17, 15) is 13.2 Å². The van der Waals surface area contributed by atoms with Gasteiger partial charge in [-0.3, -0.25) is 9.10 Å². The molecule has 0 aliphatic heterocycles. The minimum absolute atomic E-state index is 0.0388. The summed E-state index contributed by atoms with van der Waals surface area (Å²) < 4.78 is 39.6. The fraction of sp³-hybridized carbons (Fsp3) is 0.480. The summed E-state index contributed by atoms with van der Waals surface area (Å²) in [4.78, 5) is 12.8. The van der Waals surface area contributed by atoms with Crippen molar-refractivity contribution in [2.75, 3.05) is 30.6 Å². The number of halogens is 1. The summed E-state index contributed by atoms with van der Waals surface area (Å²) in [6.45, 7) is 2.78. The van der Waals surface area contributed by atoms with Crippen LogP contribution in [0.2, 0.25) is 5.02 Å². The zero-order valence-corrected chi connectivity index (χ0v) is 21.1. The molecule has 0 bridgehead atoms. The van der Waals surface area contributed by atoms with Crippen molar-refractivity contribution in [2.45, 2.75) is 56.4 Å². The van der Waals surface area contributed by atoms with E-state index in [1.807, 2.05) is 6.92 Å². The van der Waals surface area contributed by atoms with E-state index in [4.69, 9.17) is 21.1 Å². The highest BCUT2D eigenvalue weighted by atomic mass is 35.5. The van der Waals surface area contributed by atoms with Gasteiger partial charge in [-0.15, -0.1) is 0 Å². The van der Waals surface area contributed by atoms with Gasteiger partial charge >= 0.3 is 0 Å². The SMILES string of the molecule is CCOc1ccccc1N(CC(=O)NCCCOC1CCCCC1)S(=O)(=O)c1ccc(Cl)cc1. The number of carbonyl (C=O) groups is 1. The van der Waals surface area contributed by atoms with E-state index in [2.05, 4.69) is 5.32 Å². The number of nitrogens with zero attached hydrogens (tertiary/aromatic N) is 1. The van der Waals surface area contributed by atoms with Gasteiger partial charge in [0.15, 0.2) is 0 Å². The van der Waals surface area contributed by atoms with Gasteiger partial charge in [-0.25, -0.2) is 8.42 Å². The van der Waals surface area contributed by atoms with Crippen LogP contribution in [0, 0.1) is 0 Å². The average Bonchev–Trinajstić information content (AvgIpc) is 2.84. The highest BCUT2D eigenvalue weighted by Crippen LogP contribution is 2.32. The number of carbonyl (C=O) groups excluding carboxylic acids is 1. The van der Waals surface area contributed by atoms with Gasteiger partial charge < -0.3 is 14.8 Å². The van der Waals surface area contributed by atoms with E-state index in [0.717, 1.165) is 17.1 Å². The second-order valence-electron chi connectivity index (χ2n) is 8.20. The third-order valence-electron chi connectivity index (χ3n) is 5.67. The van der Waals surface area contributed by atoms with E-state index >= 15 is 0 Å². The van der Waals surface area contributed by atoms with Gasteiger partial charge in [-0.1, -0.05) is 43.0 Å². The number of benzene rings is 2. The van der Waals surface area contributed by atoms with Crippen molar-refractivity contribution < 1.29 is 22.7 Å². The Morgan fingerprint density at radius 2 is 1.79 bits per heavy atom. The second kappa shape index (κ2) is 13.0. The van der Waals surface area contributed by atoms with Crippen LogP contribution >= 0.6 is 11.6 Å². The molecule has 186 valence electrons. The van der Waals surface area contributed by atoms with Crippen molar-refractivity contribution in [1.29, 1.82) is 0 Å². The predicted molar refractivity (Wildman–Crippen MR) is 134 cm³/mol. The van der Waals surface area contributed by atoms with Gasteiger partial charge in [0.2, 0.25) is 5.91 Å². The maximum absolute atomic E-state index is 13.5. The number of nitrogens with one attached hydrogen (secondary N) is 1. The van der Waals surface area contributed by atoms with Crippen LogP contribution in [0.5, 0.6) is 5.75 Å². The monoisotopic (exact) mass is 508 g/mol. The normalized spacial score (nSPS) is 14.5. The fourth-order valence-electron chi connectivity index (χ4n) is 3.94. The molecule has 7 nitrogen and oxygen atoms in total. The Bertz CT molecular complexity index is 1020. The molecule has 2 aromatic carbocycles. The summed E-state index contributed by atoms with van der Waals surface area (Å²) in [5.74, 6) is -0.0160. The lowest BCUT2D eigenvalue weighted by Crippen LogP contribution is -2.41. The highest BCUT2D eigenvalue weighted by Gasteiger charge is 2.29. The molecule has 0 saturated heterocycles. The first kappa shape index (κ1) is 26.3. The zero-order valence-electron chi connectivity index (χ0n) is 19.5. The Kier molecular flexibility index (Phi) is 10.0. The van der Waals surface area contributed by atoms with Crippen molar-refractivity contribution in [1.82, 2.24) is 5.32 Å². The Morgan fingerprint density at radius 1 is 1.09 bits per heavy atom. The Labute approximate surface area is 207 Å². The molecule has 1 fully saturated rings. The molecule has 1 amide bonds. The quantitative estimate of drug-likeness (QED) is 0.417. The lowest BCUT2D eigenvalue weighted by molar-refractivity contribution is -0.119. The topological polar surface area (TPSA) is 84.9 Å². The van der Waals surface area contributed by atoms with Crippen LogP contribution in [-0.4, -0.2) is 46.7 Å². The number of para-hydroxylation sites is 2. The summed E-state index contributed by atoms with van der Waals surface area (Å²) in [6, 6.07) is 12.6. The number of anilines is 1. The standard InChI is InChI=1S/C25H33ClN2O5S/c1-2-32-24-12-7-6-11-23(24)28(34(30,31)22-15-13-20(26)14-16-22)19-25(29)27-17-8-18-33-21-9-4-3-5-10-21/h6-7,11-16,21H,2-5,8-10,17-19H2,1H3,(H,27,29). The molecule has 9 heteroatoms. The number of rotatable bonds is 12. The van der Waals surface area contributed by atoms with Gasteiger partial charge in [-0.05, 0) is 62.6 Å². The molecule has 1 N–H and O–H groups in total. The number of sulfonamides is 1. The van der Waals surface area contributed by atoms with Crippen molar-refractivity contribution in [3.05, 3.63) is 53.6 Å². The fourth-order valence-corrected chi connectivity index (χ4v) is 5.50. The minimum atomic E-state index is -4.05. The van der Waals surface area contributed by atoms with Gasteiger partial charge in [0.05, 0.1) is 23.3 Å². The van der Waals surface area contributed by atoms with Crippen LogP contribution in [0.1, 0.15) is 45.4 Å². The van der Waals surface area contributed by atoms with E-state index < -0.39 is 15.9 Å². The molecule has 0 unspecified atom stereocenters. The van der Waals surface area contributed by atoms with Crippen molar-refractivity contribution in [2.24, 2.45) is 0 Å². The molecule has 1 aliphatic carbocycles. The van der Waals surface area contributed by atoms with Crippen molar-refractivity contribution >= 4 is 33.2 Å². The lowest BCUT2D eigenvalue weighted by atomic mass is 9.98. The highest BCUT2D eigenvalue weighted by molar-refractivity contribution is 7.92. The third-order valence-corrected chi connectivity index (χ3v) is 7.70. The summed E-state index contributed by atoms with van der Waals surface area (Å²) in [6.07, 6.45) is 6.89. The molecule has 1 saturated carbocycles. The molecule has 2 aromatic rings. The van der Waals surface area contributed by atoms with Crippen LogP contribution in [0.4, 0.5) is 5.69 Å². The first-order chi connectivity index (χ1) is 16.4. The second-order valence-corrected chi connectivity index (χ2v) is 10.5. The molecule has 0 heterocycles. The Balaban J connectivity index is 1.69. The summed E-state index contributed by atoms with van der Waals surface area (Å²) in [5, 5.41) is 3.24. The molecule has 0 radical (unpaired) electrons. The van der Waals surface area contributed by atoms with Gasteiger partial charge in [0, 0.05) is 18.2 Å². The molecule has 1 aliphatic rings. The van der Waals surface area contributed by atoms with Gasteiger partial charge in [0.1, 0.15) is 12.3 Å². The first-order valence-electron chi connectivity index (χ1n) is 11.8. The molecule has 0 spiro atoms. The molecular weight excluding hydrogens is 476 g/mol. The van der Waals surface area contributed by atoms with Crippen LogP contribution in [0.25, 0.3) is 0 Å². The molecule has 3 rings (SSSR count). The largest absolute Gasteiger partial charge is 0.492 e. The van der Waals surface area contributed by atoms with Gasteiger partial charge in [-0.2, -0.15) is 0 Å². The number of ether oxygens (including phenoxy) is 2. The van der Waals surface area contributed by atoms with E-state index in [1.165, 1.54) is 43.5 Å². The zero-order chi connectivity index (χ0) is 24.4. The van der Waals surface area contributed by atoms with Crippen LogP contribution in [0.15, 0.2) is 53.4 Å². The van der Waals surface area contributed by atoms with E-state index in [-0.39, 0.29) is 11.4 Å². The van der Waals surface area contributed by atoms with E-state index in [0.29, 0.717) is 48.7 Å². The number of amides is 1. The van der Waals surface area contributed by atoms with Gasteiger partial charge in [0.25, 0.3) is 10.0 Å². The lowest BCUT2D eigenvalue weighted by Gasteiger charge is -2.26. The first-order valence-corrected chi connectivity index (χ1v) is 13.6. The Hall–Kier alpha value is -2.29. The van der Waals surface area contributed by atoms with Crippen LogP contribution in [-0.2, 0) is 19.6 Å². The number of hydrogen-bond donors (Lipinski definition) is 1. The maximum Gasteiger partial charge on any atom is 0.264 e. The summed E-state index contributed by atoms with van der Waals surface area (Å²) in [7, 11) is -4.05. The predicted octanol–water partition coefficient (Wildman–Crippen LogP) is 4.79. The number of hydrogen-bond acceptors (Lipinski definition) is 5. The molecular formula is C25H33ClN2O5S.